The van der Waals surface area contributed by atoms with Gasteiger partial charge in [0.2, 0.25) is 0 Å². The molecular weight excluding hydrogens is 269 g/mol. The molecule has 0 spiro atoms. The first-order valence-electron chi connectivity index (χ1n) is 6.66. The molecule has 0 amide bonds. The zero-order chi connectivity index (χ0) is 14.8. The molecule has 3 nitrogen and oxygen atoms in total. The van der Waals surface area contributed by atoms with Gasteiger partial charge in [0.25, 0.3) is 0 Å². The zero-order valence-electron chi connectivity index (χ0n) is 11.6. The standard InChI is InChI=1S/C14H19F3N2O/c1-10-8-12(6-7-19(10)2)18-11-4-3-5-13(9-11)20-14(15,16)17/h3-5,9-10,12,18H,6-8H2,1-2H3. The van der Waals surface area contributed by atoms with Crippen molar-refractivity contribution in [1.29, 1.82) is 0 Å². The summed E-state index contributed by atoms with van der Waals surface area (Å²) in [7, 11) is 2.08. The summed E-state index contributed by atoms with van der Waals surface area (Å²) in [6.07, 6.45) is -2.70. The molecule has 1 aliphatic heterocycles. The zero-order valence-corrected chi connectivity index (χ0v) is 11.6. The fourth-order valence-corrected chi connectivity index (χ4v) is 2.44. The molecule has 1 aromatic rings. The van der Waals surface area contributed by atoms with E-state index in [2.05, 4.69) is 28.9 Å². The van der Waals surface area contributed by atoms with E-state index in [-0.39, 0.29) is 11.8 Å². The molecule has 0 saturated carbocycles. The number of rotatable bonds is 3. The third kappa shape index (κ3) is 4.30. The summed E-state index contributed by atoms with van der Waals surface area (Å²) >= 11 is 0. The first kappa shape index (κ1) is 15.0. The van der Waals surface area contributed by atoms with E-state index < -0.39 is 6.36 Å². The van der Waals surface area contributed by atoms with Crippen LogP contribution in [0.25, 0.3) is 0 Å². The second kappa shape index (κ2) is 5.91. The van der Waals surface area contributed by atoms with Crippen molar-refractivity contribution in [2.75, 3.05) is 18.9 Å². The van der Waals surface area contributed by atoms with Crippen molar-refractivity contribution in [3.63, 3.8) is 0 Å². The number of benzene rings is 1. The van der Waals surface area contributed by atoms with E-state index in [4.69, 9.17) is 0 Å². The van der Waals surface area contributed by atoms with E-state index in [1.807, 2.05) is 0 Å². The van der Waals surface area contributed by atoms with Gasteiger partial charge in [0.05, 0.1) is 0 Å². The van der Waals surface area contributed by atoms with Crippen molar-refractivity contribution >= 4 is 5.69 Å². The molecule has 1 heterocycles. The summed E-state index contributed by atoms with van der Waals surface area (Å²) in [4.78, 5) is 2.28. The summed E-state index contributed by atoms with van der Waals surface area (Å²) in [5, 5.41) is 3.28. The van der Waals surface area contributed by atoms with Crippen LogP contribution in [-0.4, -0.2) is 36.9 Å². The van der Waals surface area contributed by atoms with Crippen molar-refractivity contribution in [3.05, 3.63) is 24.3 Å². The molecule has 0 bridgehead atoms. The summed E-state index contributed by atoms with van der Waals surface area (Å²) in [6, 6.07) is 6.75. The molecule has 1 saturated heterocycles. The van der Waals surface area contributed by atoms with Crippen molar-refractivity contribution in [1.82, 2.24) is 4.90 Å². The first-order valence-corrected chi connectivity index (χ1v) is 6.66. The van der Waals surface area contributed by atoms with Crippen molar-refractivity contribution in [2.24, 2.45) is 0 Å². The molecule has 1 fully saturated rings. The molecule has 20 heavy (non-hydrogen) atoms. The van der Waals surface area contributed by atoms with Crippen LogP contribution < -0.4 is 10.1 Å². The van der Waals surface area contributed by atoms with Crippen LogP contribution in [-0.2, 0) is 0 Å². The predicted molar refractivity (Wildman–Crippen MR) is 71.9 cm³/mol. The summed E-state index contributed by atoms with van der Waals surface area (Å²) in [6.45, 7) is 3.13. The highest BCUT2D eigenvalue weighted by Gasteiger charge is 2.31. The van der Waals surface area contributed by atoms with Crippen LogP contribution >= 0.6 is 0 Å². The molecule has 2 rings (SSSR count). The van der Waals surface area contributed by atoms with E-state index in [0.29, 0.717) is 11.7 Å². The summed E-state index contributed by atoms with van der Waals surface area (Å²) in [5.74, 6) is -0.191. The average Bonchev–Trinajstić information content (AvgIpc) is 2.32. The van der Waals surface area contributed by atoms with Gasteiger partial charge in [-0.2, -0.15) is 0 Å². The number of hydrogen-bond acceptors (Lipinski definition) is 3. The summed E-state index contributed by atoms with van der Waals surface area (Å²) in [5.41, 5.74) is 0.661. The predicted octanol–water partition coefficient (Wildman–Crippen LogP) is 3.48. The topological polar surface area (TPSA) is 24.5 Å². The maximum Gasteiger partial charge on any atom is 0.573 e. The molecule has 0 aliphatic carbocycles. The van der Waals surface area contributed by atoms with Crippen LogP contribution in [0.2, 0.25) is 0 Å². The number of piperidine rings is 1. The maximum absolute atomic E-state index is 12.2. The minimum Gasteiger partial charge on any atom is -0.406 e. The highest BCUT2D eigenvalue weighted by molar-refractivity contribution is 5.49. The second-order valence-corrected chi connectivity index (χ2v) is 5.27. The Morgan fingerprint density at radius 2 is 2.10 bits per heavy atom. The smallest absolute Gasteiger partial charge is 0.406 e. The molecule has 2 unspecified atom stereocenters. The van der Waals surface area contributed by atoms with Gasteiger partial charge in [-0.15, -0.1) is 13.2 Å². The quantitative estimate of drug-likeness (QED) is 0.921. The van der Waals surface area contributed by atoms with E-state index in [0.717, 1.165) is 19.4 Å². The third-order valence-electron chi connectivity index (χ3n) is 3.65. The van der Waals surface area contributed by atoms with Gasteiger partial charge < -0.3 is 15.0 Å². The number of anilines is 1. The number of alkyl halides is 3. The van der Waals surface area contributed by atoms with E-state index in [9.17, 15) is 13.2 Å². The molecule has 0 radical (unpaired) electrons. The van der Waals surface area contributed by atoms with Gasteiger partial charge >= 0.3 is 6.36 Å². The third-order valence-corrected chi connectivity index (χ3v) is 3.65. The van der Waals surface area contributed by atoms with Gasteiger partial charge in [0.1, 0.15) is 5.75 Å². The Hall–Kier alpha value is -1.43. The molecule has 0 aromatic heterocycles. The lowest BCUT2D eigenvalue weighted by Gasteiger charge is -2.35. The lowest BCUT2D eigenvalue weighted by molar-refractivity contribution is -0.274. The minimum absolute atomic E-state index is 0.191. The fraction of sp³-hybridized carbons (Fsp3) is 0.571. The van der Waals surface area contributed by atoms with Crippen LogP contribution in [0.1, 0.15) is 19.8 Å². The van der Waals surface area contributed by atoms with Gasteiger partial charge in [0.15, 0.2) is 0 Å². The number of ether oxygens (including phenoxy) is 1. The van der Waals surface area contributed by atoms with E-state index in [1.54, 1.807) is 12.1 Å². The maximum atomic E-state index is 12.2. The van der Waals surface area contributed by atoms with Crippen molar-refractivity contribution < 1.29 is 17.9 Å². The number of halogens is 3. The highest BCUT2D eigenvalue weighted by Crippen LogP contribution is 2.26. The first-order chi connectivity index (χ1) is 9.33. The highest BCUT2D eigenvalue weighted by atomic mass is 19.4. The average molecular weight is 288 g/mol. The van der Waals surface area contributed by atoms with Crippen molar-refractivity contribution in [3.8, 4) is 5.75 Å². The molecule has 1 aromatic carbocycles. The lowest BCUT2D eigenvalue weighted by atomic mass is 9.98. The van der Waals surface area contributed by atoms with Crippen LogP contribution in [0, 0.1) is 0 Å². The SMILES string of the molecule is CC1CC(Nc2cccc(OC(F)(F)F)c2)CCN1C. The Morgan fingerprint density at radius 1 is 1.35 bits per heavy atom. The van der Waals surface area contributed by atoms with Gasteiger partial charge in [-0.3, -0.25) is 0 Å². The van der Waals surface area contributed by atoms with Gasteiger partial charge in [-0.25, -0.2) is 0 Å². The number of likely N-dealkylation sites (tertiary alicyclic amines) is 1. The van der Waals surface area contributed by atoms with Crippen LogP contribution in [0.3, 0.4) is 0 Å². The van der Waals surface area contributed by atoms with E-state index in [1.165, 1.54) is 12.1 Å². The van der Waals surface area contributed by atoms with Crippen molar-refractivity contribution in [2.45, 2.75) is 38.2 Å². The monoisotopic (exact) mass is 288 g/mol. The Labute approximate surface area is 116 Å². The number of nitrogens with one attached hydrogen (secondary N) is 1. The molecule has 1 aliphatic rings. The number of nitrogens with zero attached hydrogens (tertiary/aromatic N) is 1. The Bertz CT molecular complexity index is 450. The minimum atomic E-state index is -4.65. The normalized spacial score (nSPS) is 24.4. The van der Waals surface area contributed by atoms with Gasteiger partial charge in [-0.1, -0.05) is 6.07 Å². The van der Waals surface area contributed by atoms with Gasteiger partial charge in [0, 0.05) is 30.4 Å². The molecule has 1 N–H and O–H groups in total. The van der Waals surface area contributed by atoms with Crippen LogP contribution in [0.5, 0.6) is 5.75 Å². The molecule has 2 atom stereocenters. The van der Waals surface area contributed by atoms with E-state index >= 15 is 0 Å². The largest absolute Gasteiger partial charge is 0.573 e. The Morgan fingerprint density at radius 3 is 2.75 bits per heavy atom. The Kier molecular flexibility index (Phi) is 4.42. The lowest BCUT2D eigenvalue weighted by Crippen LogP contribution is -2.42. The molecular formula is C14H19F3N2O. The fourth-order valence-electron chi connectivity index (χ4n) is 2.44. The molecule has 112 valence electrons. The van der Waals surface area contributed by atoms with Gasteiger partial charge in [-0.05, 0) is 38.9 Å². The summed E-state index contributed by atoms with van der Waals surface area (Å²) < 4.78 is 40.5. The molecule has 6 heteroatoms. The van der Waals surface area contributed by atoms with Crippen LogP contribution in [0.15, 0.2) is 24.3 Å². The second-order valence-electron chi connectivity index (χ2n) is 5.27. The van der Waals surface area contributed by atoms with Crippen LogP contribution in [0.4, 0.5) is 18.9 Å². The Balaban J connectivity index is 1.98. The number of hydrogen-bond donors (Lipinski definition) is 1.